The maximum Gasteiger partial charge on any atom is 0.234 e. The maximum absolute atomic E-state index is 5.67. The van der Waals surface area contributed by atoms with Crippen LogP contribution in [0.2, 0.25) is 0 Å². The lowest BCUT2D eigenvalue weighted by atomic mass is 10.0. The molecule has 4 heterocycles. The summed E-state index contributed by atoms with van der Waals surface area (Å²) in [5, 5.41) is 10.8. The van der Waals surface area contributed by atoms with Crippen LogP contribution >= 0.6 is 0 Å². The van der Waals surface area contributed by atoms with Crippen molar-refractivity contribution in [1.29, 1.82) is 0 Å². The molecule has 0 fully saturated rings. The van der Waals surface area contributed by atoms with Crippen LogP contribution in [0, 0.1) is 0 Å². The fourth-order valence-corrected chi connectivity index (χ4v) is 11.7. The van der Waals surface area contributed by atoms with Crippen LogP contribution < -0.4 is 5.32 Å². The molecule has 11 aromatic carbocycles. The Morgan fingerprint density at radius 3 is 1.44 bits per heavy atom. The van der Waals surface area contributed by atoms with E-state index in [1.807, 2.05) is 0 Å². The Morgan fingerprint density at radius 2 is 0.800 bits per heavy atom. The maximum atomic E-state index is 5.67. The zero-order valence-electron chi connectivity index (χ0n) is 40.7. The zero-order valence-corrected chi connectivity index (χ0v) is 40.7. The van der Waals surface area contributed by atoms with E-state index in [4.69, 9.17) is 9.98 Å². The molecule has 14 aromatic rings. The van der Waals surface area contributed by atoms with E-state index in [-0.39, 0.29) is 0 Å². The van der Waals surface area contributed by atoms with Crippen molar-refractivity contribution < 1.29 is 0 Å². The van der Waals surface area contributed by atoms with E-state index >= 15 is 0 Å². The third kappa shape index (κ3) is 6.95. The topological polar surface area (TPSA) is 51.5 Å². The van der Waals surface area contributed by atoms with E-state index in [0.29, 0.717) is 5.96 Å². The van der Waals surface area contributed by atoms with E-state index in [1.54, 1.807) is 0 Å². The van der Waals surface area contributed by atoms with E-state index in [2.05, 4.69) is 286 Å². The van der Waals surface area contributed by atoms with E-state index in [9.17, 15) is 0 Å². The lowest BCUT2D eigenvalue weighted by molar-refractivity contribution is 0.669. The second-order valence-electron chi connectivity index (χ2n) is 19.4. The summed E-state index contributed by atoms with van der Waals surface area (Å²) in [5.74, 6) is 1.35. The van der Waals surface area contributed by atoms with Crippen LogP contribution in [0.5, 0.6) is 0 Å². The summed E-state index contributed by atoms with van der Waals surface area (Å²) in [4.78, 5) is 11.3. The average molecular weight is 959 g/mol. The highest BCUT2D eigenvalue weighted by atomic mass is 15.3. The number of nitrogens with zero attached hydrogens (tertiary/aromatic N) is 5. The Morgan fingerprint density at radius 1 is 0.320 bits per heavy atom. The van der Waals surface area contributed by atoms with Gasteiger partial charge in [0.1, 0.15) is 12.0 Å². The van der Waals surface area contributed by atoms with Gasteiger partial charge in [-0.15, -0.1) is 0 Å². The second-order valence-corrected chi connectivity index (χ2v) is 19.4. The van der Waals surface area contributed by atoms with Gasteiger partial charge in [-0.3, -0.25) is 4.57 Å². The summed E-state index contributed by atoms with van der Waals surface area (Å²) in [6.07, 6.45) is -0.458. The van der Waals surface area contributed by atoms with E-state index in [0.717, 1.165) is 105 Å². The molecule has 0 saturated heterocycles. The SMILES string of the molecule is c1ccc(-c2ccc(C3=NC(n4c5ccccc5c5ccc6c7ccccc7n(-c7cc8c9ccccc9n(-c9ccccc9)c8cc7-c7ccccc7)c6c54)=NC(c4cccc(-c5ccccc5)c4)N3)cc2)cc1. The highest BCUT2D eigenvalue weighted by molar-refractivity contribution is 6.27. The molecule has 1 unspecified atom stereocenters. The quantitative estimate of drug-likeness (QED) is 0.170. The standard InChI is InChI=1S/C69H46N6/c1-5-20-45(21-6-1)47-36-38-49(39-37-47)67-70-68(51-27-19-26-50(42-51)46-22-7-2-8-23-46)72-69(71-67)75-62-35-18-14-31-54(62)57-41-40-56-53-30-13-17-34-61(53)74(65(56)66(57)75)63-44-59-55-32-15-16-33-60(55)73(52-28-11-4-12-29-52)64(59)43-58(63)48-24-9-3-10-25-48/h1-44,68H,(H,70,71,72). The molecular formula is C69H46N6. The Hall–Kier alpha value is -10.0. The number of fused-ring (bicyclic) bond motifs is 10. The summed E-state index contributed by atoms with van der Waals surface area (Å²) in [6, 6.07) is 96.0. The van der Waals surface area contributed by atoms with Gasteiger partial charge in [0.05, 0.1) is 38.8 Å². The Balaban J connectivity index is 1.04. The molecular weight excluding hydrogens is 913 g/mol. The lowest BCUT2D eigenvalue weighted by Gasteiger charge is -2.25. The molecule has 0 radical (unpaired) electrons. The summed E-state index contributed by atoms with van der Waals surface area (Å²) in [6.45, 7) is 0. The van der Waals surface area contributed by atoms with Gasteiger partial charge < -0.3 is 14.5 Å². The smallest absolute Gasteiger partial charge is 0.234 e. The predicted molar refractivity (Wildman–Crippen MR) is 313 cm³/mol. The largest absolute Gasteiger partial charge is 0.344 e. The first kappa shape index (κ1) is 42.6. The van der Waals surface area contributed by atoms with Crippen LogP contribution in [0.1, 0.15) is 17.3 Å². The highest BCUT2D eigenvalue weighted by Crippen LogP contribution is 2.45. The molecule has 1 aliphatic heterocycles. The van der Waals surface area contributed by atoms with Crippen molar-refractivity contribution in [3.8, 4) is 44.8 Å². The minimum Gasteiger partial charge on any atom is -0.344 e. The third-order valence-corrected chi connectivity index (χ3v) is 15.1. The van der Waals surface area contributed by atoms with Gasteiger partial charge in [-0.2, -0.15) is 4.99 Å². The van der Waals surface area contributed by atoms with Crippen LogP contribution in [0.15, 0.2) is 277 Å². The molecule has 6 heteroatoms. The van der Waals surface area contributed by atoms with Gasteiger partial charge >= 0.3 is 0 Å². The highest BCUT2D eigenvalue weighted by Gasteiger charge is 2.28. The van der Waals surface area contributed by atoms with Gasteiger partial charge in [0, 0.05) is 49.1 Å². The van der Waals surface area contributed by atoms with Crippen LogP contribution in [0.4, 0.5) is 0 Å². The van der Waals surface area contributed by atoms with Gasteiger partial charge in [0.15, 0.2) is 0 Å². The summed E-state index contributed by atoms with van der Waals surface area (Å²) >= 11 is 0. The lowest BCUT2D eigenvalue weighted by Crippen LogP contribution is -2.35. The Kier molecular flexibility index (Phi) is 9.85. The summed E-state index contributed by atoms with van der Waals surface area (Å²) in [7, 11) is 0. The zero-order chi connectivity index (χ0) is 49.4. The Labute approximate surface area is 433 Å². The molecule has 1 atom stereocenters. The van der Waals surface area contributed by atoms with Crippen molar-refractivity contribution in [2.24, 2.45) is 9.98 Å². The minimum absolute atomic E-state index is 0.458. The fraction of sp³-hybridized carbons (Fsp3) is 0.0145. The third-order valence-electron chi connectivity index (χ3n) is 15.1. The number of aromatic nitrogens is 3. The predicted octanol–water partition coefficient (Wildman–Crippen LogP) is 16.9. The Bertz CT molecular complexity index is 4580. The number of aliphatic imine (C=N–C) groups is 2. The average Bonchev–Trinajstić information content (AvgIpc) is 4.25. The van der Waals surface area contributed by atoms with Gasteiger partial charge in [-0.05, 0) is 81.9 Å². The molecule has 0 amide bonds. The van der Waals surface area contributed by atoms with Gasteiger partial charge in [0.25, 0.3) is 0 Å². The molecule has 352 valence electrons. The number of hydrogen-bond acceptors (Lipinski definition) is 3. The van der Waals surface area contributed by atoms with Crippen molar-refractivity contribution in [3.63, 3.8) is 0 Å². The van der Waals surface area contributed by atoms with Crippen LogP contribution in [-0.2, 0) is 0 Å². The monoisotopic (exact) mass is 958 g/mol. The van der Waals surface area contributed by atoms with Gasteiger partial charge in [-0.1, -0.05) is 218 Å². The number of amidine groups is 1. The number of hydrogen-bond donors (Lipinski definition) is 1. The van der Waals surface area contributed by atoms with Gasteiger partial charge in [0.2, 0.25) is 5.96 Å². The first-order chi connectivity index (χ1) is 37.2. The van der Waals surface area contributed by atoms with Crippen LogP contribution in [0.25, 0.3) is 110 Å². The minimum atomic E-state index is -0.458. The van der Waals surface area contributed by atoms with Crippen molar-refractivity contribution in [2.45, 2.75) is 6.17 Å². The summed E-state index contributed by atoms with van der Waals surface area (Å²) < 4.78 is 7.26. The van der Waals surface area contributed by atoms with Crippen LogP contribution in [0.3, 0.4) is 0 Å². The fourth-order valence-electron chi connectivity index (χ4n) is 11.7. The van der Waals surface area contributed by atoms with E-state index in [1.165, 1.54) is 21.7 Å². The molecule has 0 spiro atoms. The molecule has 75 heavy (non-hydrogen) atoms. The number of benzene rings is 11. The molecule has 1 N–H and O–H groups in total. The molecule has 3 aromatic heterocycles. The number of para-hydroxylation sites is 4. The van der Waals surface area contributed by atoms with Crippen LogP contribution in [-0.4, -0.2) is 25.5 Å². The number of rotatable bonds is 7. The van der Waals surface area contributed by atoms with E-state index < -0.39 is 6.17 Å². The second kappa shape index (κ2) is 17.3. The number of nitrogens with one attached hydrogen (secondary N) is 1. The molecule has 1 aliphatic rings. The summed E-state index contributed by atoms with van der Waals surface area (Å²) in [5.41, 5.74) is 17.7. The normalized spacial score (nSPS) is 13.7. The van der Waals surface area contributed by atoms with Gasteiger partial charge in [-0.25, -0.2) is 4.99 Å². The molecule has 0 saturated carbocycles. The molecule has 6 nitrogen and oxygen atoms in total. The molecule has 0 aliphatic carbocycles. The first-order valence-corrected chi connectivity index (χ1v) is 25.6. The van der Waals surface area contributed by atoms with Crippen molar-refractivity contribution in [2.75, 3.05) is 0 Å². The van der Waals surface area contributed by atoms with Crippen molar-refractivity contribution in [3.05, 3.63) is 278 Å². The van der Waals surface area contributed by atoms with Crippen molar-refractivity contribution >= 4 is 77.2 Å². The first-order valence-electron chi connectivity index (χ1n) is 25.6. The molecule has 15 rings (SSSR count). The molecule has 0 bridgehead atoms. The van der Waals surface area contributed by atoms with Crippen molar-refractivity contribution in [1.82, 2.24) is 19.0 Å².